The van der Waals surface area contributed by atoms with Gasteiger partial charge in [-0.05, 0) is 18.4 Å². The number of nitrogens with zero attached hydrogens (tertiary/aromatic N) is 1. The first-order chi connectivity index (χ1) is 9.49. The maximum absolute atomic E-state index is 11.8. The predicted octanol–water partition coefficient (Wildman–Crippen LogP) is 0.967. The third-order valence-electron chi connectivity index (χ3n) is 2.54. The summed E-state index contributed by atoms with van der Waals surface area (Å²) in [5.41, 5.74) is -0.0414. The third-order valence-corrected chi connectivity index (χ3v) is 3.43. The van der Waals surface area contributed by atoms with E-state index in [-0.39, 0.29) is 5.69 Å². The molecule has 0 aliphatic heterocycles. The molecule has 2 unspecified atom stereocenters. The van der Waals surface area contributed by atoms with Crippen molar-refractivity contribution in [3.8, 4) is 10.6 Å². The Labute approximate surface area is 117 Å². The van der Waals surface area contributed by atoms with Gasteiger partial charge in [0.05, 0.1) is 11.0 Å². The lowest BCUT2D eigenvalue weighted by atomic mass is 10.2. The number of hydrogen-bond donors (Lipinski definition) is 3. The van der Waals surface area contributed by atoms with Crippen molar-refractivity contribution in [3.05, 3.63) is 29.3 Å². The van der Waals surface area contributed by atoms with Gasteiger partial charge in [0.2, 0.25) is 0 Å². The number of amides is 1. The lowest BCUT2D eigenvalue weighted by molar-refractivity contribution is -0.141. The summed E-state index contributed by atoms with van der Waals surface area (Å²) in [5.74, 6) is -1.62. The van der Waals surface area contributed by atoms with E-state index in [2.05, 4.69) is 10.5 Å². The summed E-state index contributed by atoms with van der Waals surface area (Å²) in [6, 6.07) is 3.66. The molecule has 2 atom stereocenters. The molecule has 7 nitrogen and oxygen atoms in total. The zero-order chi connectivity index (χ0) is 14.7. The number of thiophene rings is 1. The highest BCUT2D eigenvalue weighted by Crippen LogP contribution is 2.25. The lowest BCUT2D eigenvalue weighted by Crippen LogP contribution is -2.47. The molecule has 0 fully saturated rings. The molecule has 1 amide bonds. The number of hydrogen-bond acceptors (Lipinski definition) is 6. The number of aliphatic carboxylic acids is 1. The van der Waals surface area contributed by atoms with E-state index in [1.54, 1.807) is 0 Å². The summed E-state index contributed by atoms with van der Waals surface area (Å²) in [6.07, 6.45) is -1.22. The summed E-state index contributed by atoms with van der Waals surface area (Å²) >= 11 is 1.43. The highest BCUT2D eigenvalue weighted by molar-refractivity contribution is 7.13. The van der Waals surface area contributed by atoms with Gasteiger partial charge in [-0.15, -0.1) is 11.3 Å². The Morgan fingerprint density at radius 2 is 2.25 bits per heavy atom. The van der Waals surface area contributed by atoms with Crippen LogP contribution in [-0.4, -0.2) is 39.4 Å². The number of carboxylic acid groups (broad SMARTS) is 1. The van der Waals surface area contributed by atoms with Gasteiger partial charge in [0.15, 0.2) is 17.5 Å². The third kappa shape index (κ3) is 3.03. The van der Waals surface area contributed by atoms with Gasteiger partial charge >= 0.3 is 5.97 Å². The van der Waals surface area contributed by atoms with Crippen molar-refractivity contribution in [2.75, 3.05) is 0 Å². The minimum absolute atomic E-state index is 0.0414. The number of aliphatic hydroxyl groups is 1. The average Bonchev–Trinajstić information content (AvgIpc) is 3.04. The number of carboxylic acids is 1. The van der Waals surface area contributed by atoms with Crippen LogP contribution >= 0.6 is 11.3 Å². The second-order valence-corrected chi connectivity index (χ2v) is 5.03. The van der Waals surface area contributed by atoms with Gasteiger partial charge in [-0.1, -0.05) is 11.2 Å². The van der Waals surface area contributed by atoms with Gasteiger partial charge in [0, 0.05) is 6.07 Å². The van der Waals surface area contributed by atoms with E-state index in [0.717, 1.165) is 4.88 Å². The molecule has 8 heteroatoms. The van der Waals surface area contributed by atoms with E-state index < -0.39 is 24.0 Å². The molecule has 20 heavy (non-hydrogen) atoms. The molecule has 0 bridgehead atoms. The van der Waals surface area contributed by atoms with Crippen molar-refractivity contribution in [1.82, 2.24) is 10.5 Å². The Kier molecular flexibility index (Phi) is 4.16. The van der Waals surface area contributed by atoms with E-state index in [0.29, 0.717) is 5.76 Å². The summed E-state index contributed by atoms with van der Waals surface area (Å²) in [5, 5.41) is 25.8. The smallest absolute Gasteiger partial charge is 0.328 e. The van der Waals surface area contributed by atoms with E-state index >= 15 is 0 Å². The normalized spacial score (nSPS) is 13.7. The van der Waals surface area contributed by atoms with Crippen molar-refractivity contribution in [3.63, 3.8) is 0 Å². The van der Waals surface area contributed by atoms with Gasteiger partial charge in [-0.3, -0.25) is 4.79 Å². The number of carbonyl (C=O) groups excluding carboxylic acids is 1. The highest BCUT2D eigenvalue weighted by Gasteiger charge is 2.26. The second-order valence-electron chi connectivity index (χ2n) is 4.08. The number of aromatic nitrogens is 1. The Morgan fingerprint density at radius 1 is 1.50 bits per heavy atom. The van der Waals surface area contributed by atoms with Crippen LogP contribution in [0, 0.1) is 0 Å². The molecule has 0 aliphatic carbocycles. The average molecular weight is 296 g/mol. The molecule has 0 saturated heterocycles. The van der Waals surface area contributed by atoms with Crippen LogP contribution in [0.3, 0.4) is 0 Å². The minimum Gasteiger partial charge on any atom is -0.480 e. The van der Waals surface area contributed by atoms with E-state index in [1.165, 1.54) is 24.3 Å². The molecule has 2 heterocycles. The maximum Gasteiger partial charge on any atom is 0.328 e. The Balaban J connectivity index is 2.12. The number of rotatable bonds is 5. The fourth-order valence-electron chi connectivity index (χ4n) is 1.52. The van der Waals surface area contributed by atoms with E-state index in [4.69, 9.17) is 9.63 Å². The number of nitrogens with one attached hydrogen (secondary N) is 1. The molecule has 3 N–H and O–H groups in total. The Morgan fingerprint density at radius 3 is 2.80 bits per heavy atom. The zero-order valence-electron chi connectivity index (χ0n) is 10.4. The first kappa shape index (κ1) is 14.2. The van der Waals surface area contributed by atoms with Crippen LogP contribution in [0.4, 0.5) is 0 Å². The molecule has 0 aromatic carbocycles. The topological polar surface area (TPSA) is 113 Å². The van der Waals surface area contributed by atoms with Gasteiger partial charge in [-0.2, -0.15) is 0 Å². The second kappa shape index (κ2) is 5.85. The predicted molar refractivity (Wildman–Crippen MR) is 70.4 cm³/mol. The summed E-state index contributed by atoms with van der Waals surface area (Å²) in [7, 11) is 0. The quantitative estimate of drug-likeness (QED) is 0.757. The van der Waals surface area contributed by atoms with Crippen molar-refractivity contribution < 1.29 is 24.3 Å². The van der Waals surface area contributed by atoms with Crippen LogP contribution in [0.1, 0.15) is 17.4 Å². The molecular formula is C12H12N2O5S. The molecule has 2 rings (SSSR count). The van der Waals surface area contributed by atoms with Crippen LogP contribution in [0.2, 0.25) is 0 Å². The Hall–Kier alpha value is -2.19. The molecule has 106 valence electrons. The summed E-state index contributed by atoms with van der Waals surface area (Å²) in [4.78, 5) is 23.5. The maximum atomic E-state index is 11.8. The molecule has 0 radical (unpaired) electrons. The lowest BCUT2D eigenvalue weighted by Gasteiger charge is -2.15. The minimum atomic E-state index is -1.40. The highest BCUT2D eigenvalue weighted by atomic mass is 32.1. The van der Waals surface area contributed by atoms with Gasteiger partial charge < -0.3 is 20.1 Å². The van der Waals surface area contributed by atoms with Crippen molar-refractivity contribution >= 4 is 23.2 Å². The summed E-state index contributed by atoms with van der Waals surface area (Å²) < 4.78 is 5.02. The standard InChI is InChI=1S/C12H12N2O5S/c1-6(15)10(12(17)18)13-11(16)7-5-8(19-14-7)9-3-2-4-20-9/h2-6,10,15H,1H3,(H,13,16)(H,17,18). The molecular weight excluding hydrogens is 284 g/mol. The number of carbonyl (C=O) groups is 2. The zero-order valence-corrected chi connectivity index (χ0v) is 11.3. The molecule has 0 saturated carbocycles. The van der Waals surface area contributed by atoms with Crippen LogP contribution in [0.5, 0.6) is 0 Å². The van der Waals surface area contributed by atoms with Crippen LogP contribution in [0.25, 0.3) is 10.6 Å². The SMILES string of the molecule is CC(O)C(NC(=O)c1cc(-c2cccs2)on1)C(=O)O. The first-order valence-corrected chi connectivity index (χ1v) is 6.59. The molecule has 2 aromatic rings. The van der Waals surface area contributed by atoms with Gasteiger partial charge in [0.25, 0.3) is 5.91 Å². The fraction of sp³-hybridized carbons (Fsp3) is 0.250. The Bertz CT molecular complexity index is 605. The molecule has 2 aromatic heterocycles. The first-order valence-electron chi connectivity index (χ1n) is 5.71. The number of aliphatic hydroxyl groups excluding tert-OH is 1. The van der Waals surface area contributed by atoms with Crippen molar-refractivity contribution in [2.45, 2.75) is 19.1 Å². The molecule has 0 spiro atoms. The molecule has 0 aliphatic rings. The van der Waals surface area contributed by atoms with Crippen LogP contribution < -0.4 is 5.32 Å². The largest absolute Gasteiger partial charge is 0.480 e. The van der Waals surface area contributed by atoms with Crippen molar-refractivity contribution in [2.24, 2.45) is 0 Å². The van der Waals surface area contributed by atoms with Crippen LogP contribution in [-0.2, 0) is 4.79 Å². The van der Waals surface area contributed by atoms with Crippen molar-refractivity contribution in [1.29, 1.82) is 0 Å². The van der Waals surface area contributed by atoms with Crippen LogP contribution in [0.15, 0.2) is 28.1 Å². The van der Waals surface area contributed by atoms with Gasteiger partial charge in [0.1, 0.15) is 0 Å². The fourth-order valence-corrected chi connectivity index (χ4v) is 2.19. The van der Waals surface area contributed by atoms with Gasteiger partial charge in [-0.25, -0.2) is 4.79 Å². The van der Waals surface area contributed by atoms with E-state index in [9.17, 15) is 14.7 Å². The van der Waals surface area contributed by atoms with E-state index in [1.807, 2.05) is 17.5 Å². The monoisotopic (exact) mass is 296 g/mol. The summed E-state index contributed by atoms with van der Waals surface area (Å²) in [6.45, 7) is 1.28.